The minimum absolute atomic E-state index is 0.0697. The van der Waals surface area contributed by atoms with Gasteiger partial charge < -0.3 is 10.0 Å². The highest BCUT2D eigenvalue weighted by molar-refractivity contribution is 9.10. The Morgan fingerprint density at radius 2 is 1.69 bits per heavy atom. The third-order valence-electron chi connectivity index (χ3n) is 5.88. The smallest absolute Gasteiger partial charge is 0.335 e. The average Bonchev–Trinajstić information content (AvgIpc) is 2.73. The summed E-state index contributed by atoms with van der Waals surface area (Å²) >= 11 is 3.57. The Balaban J connectivity index is 1.53. The summed E-state index contributed by atoms with van der Waals surface area (Å²) in [5, 5.41) is 11.1. The number of likely N-dealkylation sites (tertiary alicyclic amines) is 1. The first kappa shape index (κ1) is 19.6. The molecular formula is C24H22BrNO3. The van der Waals surface area contributed by atoms with Gasteiger partial charge in [-0.15, -0.1) is 0 Å². The van der Waals surface area contributed by atoms with Crippen molar-refractivity contribution in [3.8, 4) is 0 Å². The number of carbonyl (C=O) groups is 2. The number of aromatic carboxylic acids is 1. The van der Waals surface area contributed by atoms with Gasteiger partial charge in [-0.2, -0.15) is 0 Å². The van der Waals surface area contributed by atoms with Crippen LogP contribution in [0.2, 0.25) is 0 Å². The van der Waals surface area contributed by atoms with Crippen LogP contribution in [0.25, 0.3) is 10.8 Å². The molecule has 1 saturated heterocycles. The molecule has 148 valence electrons. The number of fused-ring (bicyclic) bond motifs is 1. The van der Waals surface area contributed by atoms with Crippen LogP contribution in [0.3, 0.4) is 0 Å². The SMILES string of the molecule is C[C@@H]1CN(C(=O)c2cccc3c(Br)cccc23)CC[C@@H]1c1ccc(C(=O)O)cc1. The fourth-order valence-corrected chi connectivity index (χ4v) is 4.82. The third kappa shape index (κ3) is 3.79. The standard InChI is InChI=1S/C24H22BrNO3/c1-15-14-26(13-12-18(15)16-8-10-17(11-9-16)24(28)29)23(27)21-6-2-5-20-19(21)4-3-7-22(20)25/h2-11,15,18H,12-14H2,1H3,(H,28,29)/t15-,18+/m1/s1. The van der Waals surface area contributed by atoms with Gasteiger partial charge in [0.2, 0.25) is 0 Å². The summed E-state index contributed by atoms with van der Waals surface area (Å²) in [7, 11) is 0. The van der Waals surface area contributed by atoms with Gasteiger partial charge in [-0.05, 0) is 58.9 Å². The van der Waals surface area contributed by atoms with E-state index in [-0.39, 0.29) is 5.91 Å². The third-order valence-corrected chi connectivity index (χ3v) is 6.57. The summed E-state index contributed by atoms with van der Waals surface area (Å²) in [6.45, 7) is 3.54. The van der Waals surface area contributed by atoms with Gasteiger partial charge in [0, 0.05) is 23.1 Å². The van der Waals surface area contributed by atoms with Crippen molar-refractivity contribution in [3.63, 3.8) is 0 Å². The second-order valence-electron chi connectivity index (χ2n) is 7.69. The van der Waals surface area contributed by atoms with E-state index in [4.69, 9.17) is 5.11 Å². The van der Waals surface area contributed by atoms with Crippen LogP contribution < -0.4 is 0 Å². The quantitative estimate of drug-likeness (QED) is 0.566. The van der Waals surface area contributed by atoms with Crippen molar-refractivity contribution in [2.45, 2.75) is 19.3 Å². The van der Waals surface area contributed by atoms with Crippen LogP contribution in [0.15, 0.2) is 65.1 Å². The minimum atomic E-state index is -0.910. The average molecular weight is 452 g/mol. The Kier molecular flexibility index (Phi) is 5.41. The monoisotopic (exact) mass is 451 g/mol. The molecule has 0 unspecified atom stereocenters. The topological polar surface area (TPSA) is 57.6 Å². The highest BCUT2D eigenvalue weighted by Crippen LogP contribution is 2.34. The second-order valence-corrected chi connectivity index (χ2v) is 8.55. The van der Waals surface area contributed by atoms with Crippen molar-refractivity contribution in [2.75, 3.05) is 13.1 Å². The van der Waals surface area contributed by atoms with E-state index >= 15 is 0 Å². The van der Waals surface area contributed by atoms with E-state index in [0.717, 1.165) is 32.8 Å². The van der Waals surface area contributed by atoms with Crippen LogP contribution in [-0.4, -0.2) is 35.0 Å². The predicted molar refractivity (Wildman–Crippen MR) is 117 cm³/mol. The molecule has 0 spiro atoms. The molecule has 0 aliphatic carbocycles. The van der Waals surface area contributed by atoms with Gasteiger partial charge in [0.15, 0.2) is 0 Å². The zero-order valence-corrected chi connectivity index (χ0v) is 17.7. The summed E-state index contributed by atoms with van der Waals surface area (Å²) in [5.41, 5.74) is 2.18. The van der Waals surface area contributed by atoms with E-state index < -0.39 is 5.97 Å². The number of hydrogen-bond donors (Lipinski definition) is 1. The molecule has 1 heterocycles. The maximum atomic E-state index is 13.3. The van der Waals surface area contributed by atoms with Crippen LogP contribution in [0.4, 0.5) is 0 Å². The molecule has 0 saturated carbocycles. The first-order valence-electron chi connectivity index (χ1n) is 9.75. The molecule has 4 rings (SSSR count). The molecule has 3 aromatic carbocycles. The van der Waals surface area contributed by atoms with Crippen LogP contribution in [0.1, 0.15) is 45.5 Å². The maximum Gasteiger partial charge on any atom is 0.335 e. The van der Waals surface area contributed by atoms with Crippen molar-refractivity contribution in [1.82, 2.24) is 4.90 Å². The lowest BCUT2D eigenvalue weighted by Crippen LogP contribution is -2.42. The van der Waals surface area contributed by atoms with E-state index in [9.17, 15) is 9.59 Å². The largest absolute Gasteiger partial charge is 0.478 e. The Labute approximate surface area is 178 Å². The Hall–Kier alpha value is -2.66. The van der Waals surface area contributed by atoms with Crippen molar-refractivity contribution in [2.24, 2.45) is 5.92 Å². The normalized spacial score (nSPS) is 19.3. The number of nitrogens with zero attached hydrogens (tertiary/aromatic N) is 1. The molecule has 1 fully saturated rings. The Morgan fingerprint density at radius 1 is 1.00 bits per heavy atom. The predicted octanol–water partition coefficient (Wildman–Crippen LogP) is 5.57. The molecule has 5 heteroatoms. The van der Waals surface area contributed by atoms with Gasteiger partial charge in [-0.25, -0.2) is 4.79 Å². The fourth-order valence-electron chi connectivity index (χ4n) is 4.33. The molecule has 0 radical (unpaired) electrons. The van der Waals surface area contributed by atoms with E-state index in [1.165, 1.54) is 0 Å². The van der Waals surface area contributed by atoms with Crippen molar-refractivity contribution < 1.29 is 14.7 Å². The Morgan fingerprint density at radius 3 is 2.38 bits per heavy atom. The zero-order chi connectivity index (χ0) is 20.5. The van der Waals surface area contributed by atoms with E-state index in [2.05, 4.69) is 22.9 Å². The summed E-state index contributed by atoms with van der Waals surface area (Å²) in [6, 6.07) is 18.9. The number of hydrogen-bond acceptors (Lipinski definition) is 2. The van der Waals surface area contributed by atoms with Crippen LogP contribution in [0.5, 0.6) is 0 Å². The van der Waals surface area contributed by atoms with Gasteiger partial charge in [0.25, 0.3) is 5.91 Å². The second kappa shape index (κ2) is 7.99. The van der Waals surface area contributed by atoms with Crippen LogP contribution in [-0.2, 0) is 0 Å². The molecule has 3 aromatic rings. The molecule has 1 aliphatic rings. The lowest BCUT2D eigenvalue weighted by Gasteiger charge is -2.37. The minimum Gasteiger partial charge on any atom is -0.478 e. The first-order valence-corrected chi connectivity index (χ1v) is 10.5. The molecule has 1 amide bonds. The lowest BCUT2D eigenvalue weighted by atomic mass is 9.81. The number of amides is 1. The highest BCUT2D eigenvalue weighted by atomic mass is 79.9. The molecule has 1 N–H and O–H groups in total. The summed E-state index contributed by atoms with van der Waals surface area (Å²) in [5.74, 6) is -0.222. The summed E-state index contributed by atoms with van der Waals surface area (Å²) in [6.07, 6.45) is 0.869. The number of rotatable bonds is 3. The molecular weight excluding hydrogens is 430 g/mol. The number of carboxylic acids is 1. The van der Waals surface area contributed by atoms with Gasteiger partial charge in [-0.3, -0.25) is 4.79 Å². The first-order chi connectivity index (χ1) is 14.0. The van der Waals surface area contributed by atoms with Crippen LogP contribution >= 0.6 is 15.9 Å². The Bertz CT molecular complexity index is 1080. The van der Waals surface area contributed by atoms with Crippen LogP contribution in [0, 0.1) is 5.92 Å². The van der Waals surface area contributed by atoms with E-state index in [0.29, 0.717) is 30.5 Å². The fraction of sp³-hybridized carbons (Fsp3) is 0.250. The highest BCUT2D eigenvalue weighted by Gasteiger charge is 2.30. The number of piperidine rings is 1. The van der Waals surface area contributed by atoms with E-state index in [1.54, 1.807) is 12.1 Å². The van der Waals surface area contributed by atoms with Crippen molar-refractivity contribution in [1.29, 1.82) is 0 Å². The van der Waals surface area contributed by atoms with Gasteiger partial charge in [0.05, 0.1) is 5.56 Å². The number of benzene rings is 3. The van der Waals surface area contributed by atoms with Crippen molar-refractivity contribution in [3.05, 3.63) is 81.8 Å². The number of carbonyl (C=O) groups excluding carboxylic acids is 1. The number of halogens is 1. The maximum absolute atomic E-state index is 13.3. The molecule has 2 atom stereocenters. The molecule has 0 bridgehead atoms. The van der Waals surface area contributed by atoms with Gasteiger partial charge in [0.1, 0.15) is 0 Å². The van der Waals surface area contributed by atoms with E-state index in [1.807, 2.05) is 53.4 Å². The van der Waals surface area contributed by atoms with Gasteiger partial charge >= 0.3 is 5.97 Å². The summed E-state index contributed by atoms with van der Waals surface area (Å²) in [4.78, 5) is 26.3. The molecule has 0 aromatic heterocycles. The summed E-state index contributed by atoms with van der Waals surface area (Å²) < 4.78 is 0.988. The lowest BCUT2D eigenvalue weighted by molar-refractivity contribution is 0.0659. The molecule has 4 nitrogen and oxygen atoms in total. The van der Waals surface area contributed by atoms with Gasteiger partial charge in [-0.1, -0.05) is 59.3 Å². The molecule has 29 heavy (non-hydrogen) atoms. The molecule has 1 aliphatic heterocycles. The zero-order valence-electron chi connectivity index (χ0n) is 16.1. The van der Waals surface area contributed by atoms with Crippen molar-refractivity contribution >= 4 is 38.6 Å². The number of carboxylic acid groups (broad SMARTS) is 1.